The first-order chi connectivity index (χ1) is 11.7. The smallest absolute Gasteiger partial charge is 0.407 e. The molecule has 1 N–H and O–H groups in total. The number of rotatable bonds is 3. The van der Waals surface area contributed by atoms with Crippen LogP contribution in [0.15, 0.2) is 33.5 Å². The molecule has 1 fully saturated rings. The van der Waals surface area contributed by atoms with Crippen molar-refractivity contribution in [3.63, 3.8) is 0 Å². The third-order valence-corrected chi connectivity index (χ3v) is 4.35. The zero-order valence-electron chi connectivity index (χ0n) is 12.9. The van der Waals surface area contributed by atoms with Gasteiger partial charge in [-0.05, 0) is 30.9 Å². The van der Waals surface area contributed by atoms with Crippen LogP contribution in [0.3, 0.4) is 0 Å². The highest BCUT2D eigenvalue weighted by molar-refractivity contribution is 5.80. The summed E-state index contributed by atoms with van der Waals surface area (Å²) in [7, 11) is 0. The molecule has 124 valence electrons. The van der Waals surface area contributed by atoms with Gasteiger partial charge in [-0.2, -0.15) is 4.98 Å². The van der Waals surface area contributed by atoms with Crippen LogP contribution in [0.4, 0.5) is 4.79 Å². The van der Waals surface area contributed by atoms with Gasteiger partial charge in [0.15, 0.2) is 5.76 Å². The second kappa shape index (κ2) is 5.95. The molecule has 0 aliphatic carbocycles. The zero-order valence-corrected chi connectivity index (χ0v) is 12.9. The molecule has 0 atom stereocenters. The van der Waals surface area contributed by atoms with E-state index in [1.54, 1.807) is 18.5 Å². The maximum absolute atomic E-state index is 10.9. The lowest BCUT2D eigenvalue weighted by Crippen LogP contribution is -2.37. The van der Waals surface area contributed by atoms with Gasteiger partial charge in [0.1, 0.15) is 5.58 Å². The van der Waals surface area contributed by atoms with Crippen LogP contribution in [0.5, 0.6) is 0 Å². The average Bonchev–Trinajstić information content (AvgIpc) is 3.21. The molecular weight excluding hydrogens is 312 g/mol. The minimum absolute atomic E-state index is 0.355. The molecular formula is C16H16N4O4. The molecule has 3 aromatic heterocycles. The Hall–Kier alpha value is -2.90. The lowest BCUT2D eigenvalue weighted by Gasteiger charge is -2.29. The Morgan fingerprint density at radius 2 is 2.21 bits per heavy atom. The first kappa shape index (κ1) is 14.7. The highest BCUT2D eigenvalue weighted by Crippen LogP contribution is 2.26. The molecule has 1 amide bonds. The number of carbonyl (C=O) groups is 1. The zero-order chi connectivity index (χ0) is 16.5. The molecule has 8 nitrogen and oxygen atoms in total. The van der Waals surface area contributed by atoms with E-state index in [0.717, 1.165) is 23.8 Å². The van der Waals surface area contributed by atoms with Gasteiger partial charge in [0, 0.05) is 37.3 Å². The standard InChI is InChI=1S/C16H16N4O4/c21-16(22)20-5-2-10(3-6-20)7-14-18-15(19-24-14)13-8-11-9-17-4-1-12(11)23-13/h1,4,8-10H,2-3,5-7H2,(H,21,22). The fraction of sp³-hybridized carbons (Fsp3) is 0.375. The molecule has 0 bridgehead atoms. The number of aromatic nitrogens is 3. The van der Waals surface area contributed by atoms with Gasteiger partial charge in [-0.1, -0.05) is 5.16 Å². The van der Waals surface area contributed by atoms with E-state index in [2.05, 4.69) is 15.1 Å². The quantitative estimate of drug-likeness (QED) is 0.788. The minimum atomic E-state index is -0.854. The molecule has 1 aliphatic heterocycles. The second-order valence-corrected chi connectivity index (χ2v) is 5.95. The van der Waals surface area contributed by atoms with Crippen molar-refractivity contribution in [3.8, 4) is 11.6 Å². The van der Waals surface area contributed by atoms with Crippen molar-refractivity contribution >= 4 is 17.1 Å². The number of hydrogen-bond donors (Lipinski definition) is 1. The maximum atomic E-state index is 10.9. The van der Waals surface area contributed by atoms with E-state index in [1.165, 1.54) is 4.90 Å². The summed E-state index contributed by atoms with van der Waals surface area (Å²) in [6, 6.07) is 3.62. The summed E-state index contributed by atoms with van der Waals surface area (Å²) in [6.07, 6.45) is 4.80. The summed E-state index contributed by atoms with van der Waals surface area (Å²) < 4.78 is 11.0. The Kier molecular flexibility index (Phi) is 3.64. The predicted octanol–water partition coefficient (Wildman–Crippen LogP) is 2.81. The predicted molar refractivity (Wildman–Crippen MR) is 83.3 cm³/mol. The SMILES string of the molecule is O=C(O)N1CCC(Cc2nc(-c3cc4cnccc4o3)no2)CC1. The van der Waals surface area contributed by atoms with Crippen LogP contribution in [0.1, 0.15) is 18.7 Å². The molecule has 4 heterocycles. The van der Waals surface area contributed by atoms with E-state index in [1.807, 2.05) is 6.07 Å². The monoisotopic (exact) mass is 328 g/mol. The third-order valence-electron chi connectivity index (χ3n) is 4.35. The second-order valence-electron chi connectivity index (χ2n) is 5.95. The van der Waals surface area contributed by atoms with E-state index in [-0.39, 0.29) is 0 Å². The lowest BCUT2D eigenvalue weighted by molar-refractivity contribution is 0.123. The maximum Gasteiger partial charge on any atom is 0.407 e. The van der Waals surface area contributed by atoms with Gasteiger partial charge < -0.3 is 18.9 Å². The van der Waals surface area contributed by atoms with Crippen LogP contribution in [0.2, 0.25) is 0 Å². The van der Waals surface area contributed by atoms with Crippen LogP contribution in [0.25, 0.3) is 22.6 Å². The van der Waals surface area contributed by atoms with Crippen LogP contribution < -0.4 is 0 Å². The minimum Gasteiger partial charge on any atom is -0.465 e. The average molecular weight is 328 g/mol. The molecule has 0 radical (unpaired) electrons. The fourth-order valence-electron chi connectivity index (χ4n) is 3.01. The van der Waals surface area contributed by atoms with E-state index < -0.39 is 6.09 Å². The van der Waals surface area contributed by atoms with Crippen molar-refractivity contribution in [2.75, 3.05) is 13.1 Å². The van der Waals surface area contributed by atoms with Crippen molar-refractivity contribution in [3.05, 3.63) is 30.4 Å². The summed E-state index contributed by atoms with van der Waals surface area (Å²) in [5.74, 6) is 1.88. The van der Waals surface area contributed by atoms with Gasteiger partial charge in [-0.25, -0.2) is 4.79 Å². The van der Waals surface area contributed by atoms with Gasteiger partial charge in [-0.3, -0.25) is 4.98 Å². The van der Waals surface area contributed by atoms with Crippen LogP contribution in [-0.4, -0.2) is 44.3 Å². The van der Waals surface area contributed by atoms with Crippen molar-refractivity contribution in [1.82, 2.24) is 20.0 Å². The highest BCUT2D eigenvalue weighted by atomic mass is 16.5. The number of furan rings is 1. The number of amides is 1. The summed E-state index contributed by atoms with van der Waals surface area (Å²) in [5.41, 5.74) is 0.729. The molecule has 0 aromatic carbocycles. The van der Waals surface area contributed by atoms with Gasteiger partial charge in [0.25, 0.3) is 0 Å². The topological polar surface area (TPSA) is 105 Å². The summed E-state index contributed by atoms with van der Waals surface area (Å²) >= 11 is 0. The summed E-state index contributed by atoms with van der Waals surface area (Å²) in [5, 5.41) is 13.8. The van der Waals surface area contributed by atoms with Crippen molar-refractivity contribution in [2.24, 2.45) is 5.92 Å². The van der Waals surface area contributed by atoms with Crippen LogP contribution >= 0.6 is 0 Å². The van der Waals surface area contributed by atoms with Crippen molar-refractivity contribution in [2.45, 2.75) is 19.3 Å². The fourth-order valence-corrected chi connectivity index (χ4v) is 3.01. The van der Waals surface area contributed by atoms with Gasteiger partial charge in [0.2, 0.25) is 11.7 Å². The normalized spacial score (nSPS) is 15.9. The van der Waals surface area contributed by atoms with E-state index in [9.17, 15) is 4.79 Å². The number of pyridine rings is 1. The van der Waals surface area contributed by atoms with Crippen molar-refractivity contribution < 1.29 is 18.8 Å². The molecule has 0 spiro atoms. The molecule has 0 saturated carbocycles. The van der Waals surface area contributed by atoms with E-state index >= 15 is 0 Å². The van der Waals surface area contributed by atoms with E-state index in [4.69, 9.17) is 14.0 Å². The number of fused-ring (bicyclic) bond motifs is 1. The Morgan fingerprint density at radius 1 is 1.38 bits per heavy atom. The lowest BCUT2D eigenvalue weighted by atomic mass is 9.94. The number of hydrogen-bond acceptors (Lipinski definition) is 6. The highest BCUT2D eigenvalue weighted by Gasteiger charge is 2.24. The molecule has 24 heavy (non-hydrogen) atoms. The van der Waals surface area contributed by atoms with Gasteiger partial charge >= 0.3 is 6.09 Å². The summed E-state index contributed by atoms with van der Waals surface area (Å²) in [6.45, 7) is 1.11. The Bertz CT molecular complexity index is 831. The van der Waals surface area contributed by atoms with Crippen molar-refractivity contribution in [1.29, 1.82) is 0 Å². The Balaban J connectivity index is 1.44. The number of piperidine rings is 1. The number of nitrogens with zero attached hydrogens (tertiary/aromatic N) is 4. The molecule has 4 rings (SSSR count). The van der Waals surface area contributed by atoms with Gasteiger partial charge in [-0.15, -0.1) is 0 Å². The van der Waals surface area contributed by atoms with E-state index in [0.29, 0.717) is 42.9 Å². The largest absolute Gasteiger partial charge is 0.465 e. The molecule has 0 unspecified atom stereocenters. The first-order valence-corrected chi connectivity index (χ1v) is 7.83. The molecule has 3 aromatic rings. The van der Waals surface area contributed by atoms with Crippen LogP contribution in [-0.2, 0) is 6.42 Å². The van der Waals surface area contributed by atoms with Gasteiger partial charge in [0.05, 0.1) is 0 Å². The summed E-state index contributed by atoms with van der Waals surface area (Å²) in [4.78, 5) is 20.8. The third kappa shape index (κ3) is 2.82. The number of carboxylic acid groups (broad SMARTS) is 1. The Labute approximate surface area is 137 Å². The molecule has 8 heteroatoms. The number of likely N-dealkylation sites (tertiary alicyclic amines) is 1. The first-order valence-electron chi connectivity index (χ1n) is 7.83. The van der Waals surface area contributed by atoms with Crippen LogP contribution in [0, 0.1) is 5.92 Å². The Morgan fingerprint density at radius 3 is 2.96 bits per heavy atom. The molecule has 1 saturated heterocycles. The molecule has 1 aliphatic rings.